The minimum absolute atomic E-state index is 0.469. The molecule has 1 unspecified atom stereocenters. The van der Waals surface area contributed by atoms with Gasteiger partial charge in [0.15, 0.2) is 0 Å². The molecule has 1 atom stereocenters. The molecule has 0 saturated carbocycles. The molecule has 0 aliphatic heterocycles. The Morgan fingerprint density at radius 1 is 1.33 bits per heavy atom. The van der Waals surface area contributed by atoms with Gasteiger partial charge in [0.25, 0.3) is 0 Å². The molecular formula is C15H24N2S. The molecule has 2 nitrogen and oxygen atoms in total. The van der Waals surface area contributed by atoms with Crippen LogP contribution in [0.3, 0.4) is 0 Å². The van der Waals surface area contributed by atoms with Gasteiger partial charge < -0.3 is 10.6 Å². The van der Waals surface area contributed by atoms with E-state index in [0.29, 0.717) is 16.9 Å². The number of thiocarbonyl (C=S) groups is 1. The first-order valence-electron chi connectivity index (χ1n) is 6.46. The largest absolute Gasteiger partial charge is 0.389 e. The summed E-state index contributed by atoms with van der Waals surface area (Å²) in [6.07, 6.45) is 1.19. The van der Waals surface area contributed by atoms with Crippen molar-refractivity contribution < 1.29 is 0 Å². The molecule has 0 aliphatic rings. The highest BCUT2D eigenvalue weighted by Crippen LogP contribution is 2.22. The second-order valence-electron chi connectivity index (χ2n) is 5.45. The molecule has 0 amide bonds. The minimum atomic E-state index is 0.469. The summed E-state index contributed by atoms with van der Waals surface area (Å²) in [6, 6.07) is 6.80. The fourth-order valence-corrected chi connectivity index (χ4v) is 2.47. The fraction of sp³-hybridized carbons (Fsp3) is 0.533. The number of nitrogens with two attached hydrogens (primary N) is 1. The number of benzene rings is 1. The maximum Gasteiger partial charge on any atom is 0.104 e. The highest BCUT2D eigenvalue weighted by atomic mass is 32.1. The Morgan fingerprint density at radius 2 is 1.94 bits per heavy atom. The molecule has 0 heterocycles. The van der Waals surface area contributed by atoms with Gasteiger partial charge in [-0.1, -0.05) is 26.1 Å². The number of nitrogens with zero attached hydrogens (tertiary/aromatic N) is 1. The second-order valence-corrected chi connectivity index (χ2v) is 5.89. The zero-order chi connectivity index (χ0) is 13.9. The fourth-order valence-electron chi connectivity index (χ4n) is 2.24. The van der Waals surface area contributed by atoms with Crippen molar-refractivity contribution in [2.45, 2.75) is 40.2 Å². The lowest BCUT2D eigenvalue weighted by Gasteiger charge is -2.29. The van der Waals surface area contributed by atoms with E-state index in [1.54, 1.807) is 0 Å². The lowest BCUT2D eigenvalue weighted by Crippen LogP contribution is -2.30. The quantitative estimate of drug-likeness (QED) is 0.825. The van der Waals surface area contributed by atoms with Crippen LogP contribution in [-0.4, -0.2) is 18.1 Å². The lowest BCUT2D eigenvalue weighted by molar-refractivity contribution is 0.504. The van der Waals surface area contributed by atoms with Crippen LogP contribution >= 0.6 is 12.2 Å². The van der Waals surface area contributed by atoms with Gasteiger partial charge in [-0.15, -0.1) is 0 Å². The standard InChI is InChI=1S/C15H24N2S/c1-10(2)8-12(4)17(5)13-6-7-14(15(16)18)11(3)9-13/h6-7,9-10,12H,8H2,1-5H3,(H2,16,18). The molecule has 3 heteroatoms. The van der Waals surface area contributed by atoms with Crippen LogP contribution in [0.15, 0.2) is 18.2 Å². The third-order valence-corrected chi connectivity index (χ3v) is 3.58. The lowest BCUT2D eigenvalue weighted by atomic mass is 10.0. The van der Waals surface area contributed by atoms with E-state index in [1.807, 2.05) is 6.07 Å². The summed E-state index contributed by atoms with van der Waals surface area (Å²) in [7, 11) is 2.14. The molecule has 1 rings (SSSR count). The van der Waals surface area contributed by atoms with Crippen molar-refractivity contribution in [3.8, 4) is 0 Å². The maximum absolute atomic E-state index is 5.68. The normalized spacial score (nSPS) is 12.6. The Balaban J connectivity index is 2.90. The van der Waals surface area contributed by atoms with E-state index in [9.17, 15) is 0 Å². The van der Waals surface area contributed by atoms with Gasteiger partial charge in [-0.05, 0) is 49.9 Å². The van der Waals surface area contributed by atoms with Crippen LogP contribution < -0.4 is 10.6 Å². The van der Waals surface area contributed by atoms with E-state index in [4.69, 9.17) is 18.0 Å². The average Bonchev–Trinajstić information content (AvgIpc) is 2.26. The zero-order valence-corrected chi connectivity index (χ0v) is 12.8. The molecule has 1 aromatic rings. The SMILES string of the molecule is Cc1cc(N(C)C(C)CC(C)C)ccc1C(N)=S. The highest BCUT2D eigenvalue weighted by Gasteiger charge is 2.13. The van der Waals surface area contributed by atoms with Gasteiger partial charge >= 0.3 is 0 Å². The molecule has 1 aromatic carbocycles. The van der Waals surface area contributed by atoms with E-state index in [2.05, 4.69) is 51.8 Å². The van der Waals surface area contributed by atoms with Crippen molar-refractivity contribution in [1.29, 1.82) is 0 Å². The van der Waals surface area contributed by atoms with Crippen molar-refractivity contribution in [2.75, 3.05) is 11.9 Å². The van der Waals surface area contributed by atoms with Crippen molar-refractivity contribution in [3.05, 3.63) is 29.3 Å². The first kappa shape index (κ1) is 15.0. The van der Waals surface area contributed by atoms with Crippen molar-refractivity contribution in [1.82, 2.24) is 0 Å². The maximum atomic E-state index is 5.68. The summed E-state index contributed by atoms with van der Waals surface area (Å²) in [4.78, 5) is 2.79. The van der Waals surface area contributed by atoms with Crippen LogP contribution in [0.2, 0.25) is 0 Å². The molecule has 0 spiro atoms. The summed E-state index contributed by atoms with van der Waals surface area (Å²) in [5.74, 6) is 0.708. The summed E-state index contributed by atoms with van der Waals surface area (Å²) in [5, 5.41) is 0. The number of anilines is 1. The van der Waals surface area contributed by atoms with E-state index in [-0.39, 0.29) is 0 Å². The predicted molar refractivity (Wildman–Crippen MR) is 84.4 cm³/mol. The summed E-state index contributed by atoms with van der Waals surface area (Å²) in [6.45, 7) is 8.83. The highest BCUT2D eigenvalue weighted by molar-refractivity contribution is 7.80. The van der Waals surface area contributed by atoms with E-state index < -0.39 is 0 Å². The van der Waals surface area contributed by atoms with Gasteiger partial charge in [-0.25, -0.2) is 0 Å². The number of rotatable bonds is 5. The van der Waals surface area contributed by atoms with Gasteiger partial charge in [-0.3, -0.25) is 0 Å². The topological polar surface area (TPSA) is 29.3 Å². The Labute approximate surface area is 116 Å². The van der Waals surface area contributed by atoms with Crippen molar-refractivity contribution >= 4 is 22.9 Å². The van der Waals surface area contributed by atoms with Gasteiger partial charge in [-0.2, -0.15) is 0 Å². The van der Waals surface area contributed by atoms with E-state index in [0.717, 1.165) is 11.1 Å². The Bertz CT molecular complexity index is 427. The third-order valence-electron chi connectivity index (χ3n) is 3.36. The van der Waals surface area contributed by atoms with Crippen LogP contribution in [-0.2, 0) is 0 Å². The first-order valence-corrected chi connectivity index (χ1v) is 6.87. The van der Waals surface area contributed by atoms with Crippen LogP contribution in [0.25, 0.3) is 0 Å². The molecule has 0 aliphatic carbocycles. The third kappa shape index (κ3) is 3.70. The minimum Gasteiger partial charge on any atom is -0.389 e. The van der Waals surface area contributed by atoms with E-state index in [1.165, 1.54) is 12.1 Å². The Morgan fingerprint density at radius 3 is 2.39 bits per heavy atom. The number of aryl methyl sites for hydroxylation is 1. The monoisotopic (exact) mass is 264 g/mol. The Kier molecular flexibility index (Phi) is 5.15. The molecule has 18 heavy (non-hydrogen) atoms. The smallest absolute Gasteiger partial charge is 0.104 e. The van der Waals surface area contributed by atoms with Crippen LogP contribution in [0, 0.1) is 12.8 Å². The molecule has 0 saturated heterocycles. The molecule has 0 bridgehead atoms. The van der Waals surface area contributed by atoms with Crippen LogP contribution in [0.5, 0.6) is 0 Å². The second kappa shape index (κ2) is 6.19. The van der Waals surface area contributed by atoms with Crippen LogP contribution in [0.4, 0.5) is 5.69 Å². The van der Waals surface area contributed by atoms with Crippen molar-refractivity contribution in [3.63, 3.8) is 0 Å². The first-order chi connectivity index (χ1) is 8.32. The summed E-state index contributed by atoms with van der Waals surface area (Å²) >= 11 is 5.03. The van der Waals surface area contributed by atoms with Crippen LogP contribution in [0.1, 0.15) is 38.3 Å². The molecule has 100 valence electrons. The Hall–Kier alpha value is -1.09. The molecule has 2 N–H and O–H groups in total. The van der Waals surface area contributed by atoms with Gasteiger partial charge in [0.2, 0.25) is 0 Å². The van der Waals surface area contributed by atoms with Gasteiger partial charge in [0.1, 0.15) is 4.99 Å². The van der Waals surface area contributed by atoms with Crippen molar-refractivity contribution in [2.24, 2.45) is 11.7 Å². The van der Waals surface area contributed by atoms with Gasteiger partial charge in [0, 0.05) is 24.3 Å². The average molecular weight is 264 g/mol. The molecule has 0 radical (unpaired) electrons. The number of hydrogen-bond acceptors (Lipinski definition) is 2. The zero-order valence-electron chi connectivity index (χ0n) is 12.0. The summed E-state index contributed by atoms with van der Waals surface area (Å²) < 4.78 is 0. The van der Waals surface area contributed by atoms with Gasteiger partial charge in [0.05, 0.1) is 0 Å². The predicted octanol–water partition coefficient (Wildman–Crippen LogP) is 3.50. The molecular weight excluding hydrogens is 240 g/mol. The molecule has 0 fully saturated rings. The molecule has 0 aromatic heterocycles. The van der Waals surface area contributed by atoms with E-state index >= 15 is 0 Å². The number of hydrogen-bond donors (Lipinski definition) is 1. The summed E-state index contributed by atoms with van der Waals surface area (Å²) in [5.41, 5.74) is 9.02.